The van der Waals surface area contributed by atoms with Gasteiger partial charge in [0.05, 0.1) is 11.5 Å². The van der Waals surface area contributed by atoms with E-state index in [9.17, 15) is 9.90 Å². The Bertz CT molecular complexity index is 308. The van der Waals surface area contributed by atoms with Crippen LogP contribution < -0.4 is 5.73 Å². The van der Waals surface area contributed by atoms with Gasteiger partial charge in [-0.3, -0.25) is 4.79 Å². The molecule has 1 fully saturated rings. The molecule has 1 rings (SSSR count). The molecular formula is C15H30N2O2. The molecule has 3 N–H and O–H groups in total. The monoisotopic (exact) mass is 270 g/mol. The molecule has 0 saturated carbocycles. The van der Waals surface area contributed by atoms with Crippen LogP contribution in [0.15, 0.2) is 0 Å². The average molecular weight is 270 g/mol. The van der Waals surface area contributed by atoms with Gasteiger partial charge in [-0.15, -0.1) is 0 Å². The summed E-state index contributed by atoms with van der Waals surface area (Å²) in [7, 11) is 0. The molecular weight excluding hydrogens is 240 g/mol. The fourth-order valence-corrected chi connectivity index (χ4v) is 2.75. The van der Waals surface area contributed by atoms with Crippen molar-refractivity contribution >= 4 is 5.91 Å². The highest BCUT2D eigenvalue weighted by molar-refractivity contribution is 5.79. The molecule has 1 heterocycles. The van der Waals surface area contributed by atoms with Crippen LogP contribution in [0.4, 0.5) is 0 Å². The summed E-state index contributed by atoms with van der Waals surface area (Å²) in [5, 5.41) is 10.1. The van der Waals surface area contributed by atoms with Crippen LogP contribution in [0, 0.1) is 11.3 Å². The zero-order valence-corrected chi connectivity index (χ0v) is 12.9. The quantitative estimate of drug-likeness (QED) is 0.821. The molecule has 0 spiro atoms. The van der Waals surface area contributed by atoms with E-state index in [1.165, 1.54) is 0 Å². The van der Waals surface area contributed by atoms with Crippen molar-refractivity contribution in [1.29, 1.82) is 0 Å². The number of nitrogens with two attached hydrogens (primary N) is 1. The number of nitrogens with zero attached hydrogens (tertiary/aromatic N) is 1. The van der Waals surface area contributed by atoms with E-state index >= 15 is 0 Å². The Hall–Kier alpha value is -0.610. The van der Waals surface area contributed by atoms with Gasteiger partial charge in [-0.2, -0.15) is 0 Å². The number of aliphatic hydroxyl groups is 1. The molecule has 19 heavy (non-hydrogen) atoms. The standard InChI is InChI=1S/C15H30N2O2/c1-14(2,3)10-12(11-16)13(18)17-8-5-6-15(4,19)7-9-17/h12,19H,5-11,16H2,1-4H3. The van der Waals surface area contributed by atoms with Crippen molar-refractivity contribution in [2.75, 3.05) is 19.6 Å². The van der Waals surface area contributed by atoms with Crippen molar-refractivity contribution in [3.8, 4) is 0 Å². The number of likely N-dealkylation sites (tertiary alicyclic amines) is 1. The lowest BCUT2D eigenvalue weighted by atomic mass is 9.84. The van der Waals surface area contributed by atoms with E-state index in [2.05, 4.69) is 20.8 Å². The minimum absolute atomic E-state index is 0.0944. The molecule has 1 aliphatic rings. The highest BCUT2D eigenvalue weighted by Crippen LogP contribution is 2.27. The molecule has 0 aromatic rings. The van der Waals surface area contributed by atoms with Gasteiger partial charge < -0.3 is 15.7 Å². The largest absolute Gasteiger partial charge is 0.390 e. The summed E-state index contributed by atoms with van der Waals surface area (Å²) in [6.07, 6.45) is 3.11. The summed E-state index contributed by atoms with van der Waals surface area (Å²) < 4.78 is 0. The van der Waals surface area contributed by atoms with Gasteiger partial charge in [0.1, 0.15) is 0 Å². The first-order valence-electron chi connectivity index (χ1n) is 7.36. The van der Waals surface area contributed by atoms with Crippen molar-refractivity contribution in [3.63, 3.8) is 0 Å². The highest BCUT2D eigenvalue weighted by Gasteiger charge is 2.31. The van der Waals surface area contributed by atoms with Gasteiger partial charge >= 0.3 is 0 Å². The molecule has 2 atom stereocenters. The predicted octanol–water partition coefficient (Wildman–Crippen LogP) is 1.76. The third-order valence-electron chi connectivity index (χ3n) is 3.87. The minimum Gasteiger partial charge on any atom is -0.390 e. The smallest absolute Gasteiger partial charge is 0.226 e. The Morgan fingerprint density at radius 1 is 1.37 bits per heavy atom. The van der Waals surface area contributed by atoms with Crippen molar-refractivity contribution in [3.05, 3.63) is 0 Å². The van der Waals surface area contributed by atoms with Crippen LogP contribution in [0.2, 0.25) is 0 Å². The molecule has 0 aromatic heterocycles. The summed E-state index contributed by atoms with van der Waals surface area (Å²) in [5.41, 5.74) is 5.26. The van der Waals surface area contributed by atoms with Crippen molar-refractivity contribution in [2.24, 2.45) is 17.1 Å². The van der Waals surface area contributed by atoms with Gasteiger partial charge in [-0.1, -0.05) is 20.8 Å². The lowest BCUT2D eigenvalue weighted by Gasteiger charge is -2.30. The van der Waals surface area contributed by atoms with Gasteiger partial charge in [0.2, 0.25) is 5.91 Å². The number of rotatable bonds is 3. The summed E-state index contributed by atoms with van der Waals surface area (Å²) in [6.45, 7) is 10.1. The van der Waals surface area contributed by atoms with Crippen molar-refractivity contribution in [1.82, 2.24) is 4.90 Å². The normalized spacial score (nSPS) is 26.9. The highest BCUT2D eigenvalue weighted by atomic mass is 16.3. The molecule has 4 nitrogen and oxygen atoms in total. The van der Waals surface area contributed by atoms with Crippen molar-refractivity contribution in [2.45, 2.75) is 59.0 Å². The summed E-state index contributed by atoms with van der Waals surface area (Å²) in [5.74, 6) is 0.0678. The molecule has 0 aromatic carbocycles. The predicted molar refractivity (Wildman–Crippen MR) is 77.7 cm³/mol. The Balaban J connectivity index is 2.65. The number of carbonyl (C=O) groups is 1. The van der Waals surface area contributed by atoms with Gasteiger partial charge in [0.25, 0.3) is 0 Å². The second-order valence-electron chi connectivity index (χ2n) is 7.37. The Labute approximate surface area is 117 Å². The van der Waals surface area contributed by atoms with E-state index in [1.54, 1.807) is 0 Å². The lowest BCUT2D eigenvalue weighted by Crippen LogP contribution is -2.41. The summed E-state index contributed by atoms with van der Waals surface area (Å²) in [4.78, 5) is 14.4. The van der Waals surface area contributed by atoms with Crippen LogP contribution >= 0.6 is 0 Å². The molecule has 4 heteroatoms. The van der Waals surface area contributed by atoms with Gasteiger partial charge in [-0.05, 0) is 38.0 Å². The average Bonchev–Trinajstić information content (AvgIpc) is 2.45. The SMILES string of the molecule is CC(C)(C)CC(CN)C(=O)N1CCCC(C)(O)CC1. The Kier molecular flexibility index (Phi) is 5.39. The van der Waals surface area contributed by atoms with Crippen LogP contribution in [0.25, 0.3) is 0 Å². The van der Waals surface area contributed by atoms with Crippen LogP contribution in [0.1, 0.15) is 53.4 Å². The van der Waals surface area contributed by atoms with Crippen LogP contribution in [-0.2, 0) is 4.79 Å². The molecule has 0 bridgehead atoms. The van der Waals surface area contributed by atoms with Crippen LogP contribution in [-0.4, -0.2) is 41.1 Å². The van der Waals surface area contributed by atoms with Gasteiger partial charge in [0, 0.05) is 19.6 Å². The summed E-state index contributed by atoms with van der Waals surface area (Å²) >= 11 is 0. The topological polar surface area (TPSA) is 66.6 Å². The molecule has 1 aliphatic heterocycles. The van der Waals surface area contributed by atoms with E-state index in [1.807, 2.05) is 11.8 Å². The summed E-state index contributed by atoms with van der Waals surface area (Å²) in [6, 6.07) is 0. The number of hydrogen-bond acceptors (Lipinski definition) is 3. The molecule has 0 radical (unpaired) electrons. The second kappa shape index (κ2) is 6.23. The zero-order valence-electron chi connectivity index (χ0n) is 12.9. The fraction of sp³-hybridized carbons (Fsp3) is 0.933. The minimum atomic E-state index is -0.628. The molecule has 1 amide bonds. The first-order valence-corrected chi connectivity index (χ1v) is 7.36. The maximum Gasteiger partial charge on any atom is 0.226 e. The first-order chi connectivity index (χ1) is 8.64. The van der Waals surface area contributed by atoms with E-state index in [4.69, 9.17) is 5.73 Å². The molecule has 0 aliphatic carbocycles. The van der Waals surface area contributed by atoms with Crippen LogP contribution in [0.5, 0.6) is 0 Å². The van der Waals surface area contributed by atoms with E-state index in [0.717, 1.165) is 25.8 Å². The molecule has 2 unspecified atom stereocenters. The number of carbonyl (C=O) groups excluding carboxylic acids is 1. The second-order valence-corrected chi connectivity index (χ2v) is 7.37. The van der Waals surface area contributed by atoms with Crippen molar-refractivity contribution < 1.29 is 9.90 Å². The van der Waals surface area contributed by atoms with E-state index < -0.39 is 5.60 Å². The molecule has 112 valence electrons. The van der Waals surface area contributed by atoms with Crippen LogP contribution in [0.3, 0.4) is 0 Å². The number of amides is 1. The van der Waals surface area contributed by atoms with E-state index in [0.29, 0.717) is 19.5 Å². The van der Waals surface area contributed by atoms with Gasteiger partial charge in [-0.25, -0.2) is 0 Å². The lowest BCUT2D eigenvalue weighted by molar-refractivity contribution is -0.136. The van der Waals surface area contributed by atoms with E-state index in [-0.39, 0.29) is 17.2 Å². The first kappa shape index (κ1) is 16.4. The zero-order chi connectivity index (χ0) is 14.7. The molecule has 1 saturated heterocycles. The third kappa shape index (κ3) is 5.49. The Morgan fingerprint density at radius 2 is 2.00 bits per heavy atom. The third-order valence-corrected chi connectivity index (χ3v) is 3.87. The maximum absolute atomic E-state index is 12.5. The van der Waals surface area contributed by atoms with Gasteiger partial charge in [0.15, 0.2) is 0 Å². The fourth-order valence-electron chi connectivity index (χ4n) is 2.75. The Morgan fingerprint density at radius 3 is 2.53 bits per heavy atom. The number of hydrogen-bond donors (Lipinski definition) is 2. The maximum atomic E-state index is 12.5.